The van der Waals surface area contributed by atoms with Gasteiger partial charge < -0.3 is 19.4 Å². The second-order valence-corrected chi connectivity index (χ2v) is 3.18. The molecule has 0 radical (unpaired) electrons. The predicted molar refractivity (Wildman–Crippen MR) is 54.3 cm³/mol. The van der Waals surface area contributed by atoms with Crippen LogP contribution in [0.3, 0.4) is 0 Å². The van der Waals surface area contributed by atoms with Crippen molar-refractivity contribution < 1.29 is 19.4 Å². The van der Waals surface area contributed by atoms with Gasteiger partial charge in [0, 0.05) is 0 Å². The Hall–Kier alpha value is -0.710. The lowest BCUT2D eigenvalue weighted by atomic mass is 10.3. The van der Waals surface area contributed by atoms with Crippen molar-refractivity contribution in [3.63, 3.8) is 0 Å². The molecule has 0 amide bonds. The molecule has 0 fully saturated rings. The smallest absolute Gasteiger partial charge is 0.103 e. The summed E-state index contributed by atoms with van der Waals surface area (Å²) in [6, 6.07) is 0. The molecular weight excluding hydrogens is 185 g/mol. The molecule has 0 atom stereocenters. The average molecular weight is 205 g/mol. The van der Waals surface area contributed by atoms with Crippen molar-refractivity contribution in [1.82, 2.24) is 0 Å². The van der Waals surface area contributed by atoms with Crippen molar-refractivity contribution in [2.75, 3.05) is 39.4 Å². The van der Waals surface area contributed by atoms with Crippen LogP contribution in [0.2, 0.25) is 0 Å². The Balaban J connectivity index is 0. The number of aliphatic hydroxyl groups excluding tert-OH is 2. The molecule has 3 nitrogen and oxygen atoms in total. The number of quaternary nitrogens is 1. The fraction of sp³-hybridized carbons (Fsp3) is 0.600. The quantitative estimate of drug-likeness (QED) is 0.331. The third kappa shape index (κ3) is 5.11. The lowest BCUT2D eigenvalue weighted by Gasteiger charge is -2.35. The van der Waals surface area contributed by atoms with E-state index >= 15 is 0 Å². The molecule has 2 N–H and O–H groups in total. The van der Waals surface area contributed by atoms with Gasteiger partial charge in [0.2, 0.25) is 0 Å². The highest BCUT2D eigenvalue weighted by Gasteiger charge is 2.22. The van der Waals surface area contributed by atoms with Crippen molar-refractivity contribution >= 4 is 0 Å². The van der Waals surface area contributed by atoms with Gasteiger partial charge in [-0.15, -0.1) is 0 Å². The molecule has 0 unspecified atom stereocenters. The zero-order valence-electron chi connectivity index (χ0n) is 8.53. The highest BCUT2D eigenvalue weighted by atomic mass is 19.0. The Morgan fingerprint density at radius 1 is 0.929 bits per heavy atom. The number of hydrogen-bond acceptors (Lipinski definition) is 2. The molecule has 0 bridgehead atoms. The second-order valence-electron chi connectivity index (χ2n) is 3.18. The van der Waals surface area contributed by atoms with Gasteiger partial charge in [-0.2, -0.15) is 0 Å². The number of aliphatic hydroxyl groups is 2. The van der Waals surface area contributed by atoms with E-state index in [1.54, 1.807) is 0 Å². The van der Waals surface area contributed by atoms with Gasteiger partial charge in [-0.05, 0) is 12.2 Å². The largest absolute Gasteiger partial charge is 1.00 e. The summed E-state index contributed by atoms with van der Waals surface area (Å²) in [7, 11) is 0. The van der Waals surface area contributed by atoms with Crippen molar-refractivity contribution in [1.29, 1.82) is 0 Å². The number of nitrogens with zero attached hydrogens (tertiary/aromatic N) is 1. The molecule has 0 spiro atoms. The molecule has 84 valence electrons. The monoisotopic (exact) mass is 205 g/mol. The van der Waals surface area contributed by atoms with Crippen LogP contribution in [0.4, 0.5) is 0 Å². The summed E-state index contributed by atoms with van der Waals surface area (Å²) >= 11 is 0. The van der Waals surface area contributed by atoms with Crippen LogP contribution in [-0.2, 0) is 0 Å². The molecule has 0 heterocycles. The Kier molecular flexibility index (Phi) is 9.98. The fourth-order valence-corrected chi connectivity index (χ4v) is 1.52. The van der Waals surface area contributed by atoms with Gasteiger partial charge >= 0.3 is 0 Å². The van der Waals surface area contributed by atoms with E-state index < -0.39 is 0 Å². The first-order valence-electron chi connectivity index (χ1n) is 4.53. The van der Waals surface area contributed by atoms with Crippen LogP contribution < -0.4 is 4.70 Å². The lowest BCUT2D eigenvalue weighted by Crippen LogP contribution is -3.00. The van der Waals surface area contributed by atoms with Gasteiger partial charge in [0.05, 0.1) is 26.3 Å². The van der Waals surface area contributed by atoms with Crippen molar-refractivity contribution in [2.24, 2.45) is 0 Å². The molecule has 0 aromatic heterocycles. The summed E-state index contributed by atoms with van der Waals surface area (Å²) in [5.41, 5.74) is 0. The van der Waals surface area contributed by atoms with Crippen LogP contribution >= 0.6 is 0 Å². The van der Waals surface area contributed by atoms with E-state index in [0.717, 1.165) is 13.1 Å². The molecule has 0 aromatic rings. The van der Waals surface area contributed by atoms with E-state index in [2.05, 4.69) is 13.2 Å². The minimum Gasteiger partial charge on any atom is -1.00 e. The van der Waals surface area contributed by atoms with Gasteiger partial charge in [-0.1, -0.05) is 13.2 Å². The molecule has 0 saturated carbocycles. The van der Waals surface area contributed by atoms with Gasteiger partial charge in [-0.25, -0.2) is 0 Å². The topological polar surface area (TPSA) is 40.5 Å². The first-order chi connectivity index (χ1) is 6.24. The Bertz CT molecular complexity index is 144. The maximum atomic E-state index is 8.92. The zero-order valence-corrected chi connectivity index (χ0v) is 8.53. The van der Waals surface area contributed by atoms with Gasteiger partial charge in [0.15, 0.2) is 0 Å². The lowest BCUT2D eigenvalue weighted by molar-refractivity contribution is -0.917. The predicted octanol–water partition coefficient (Wildman–Crippen LogP) is -2.84. The van der Waals surface area contributed by atoms with E-state index in [4.69, 9.17) is 10.2 Å². The third-order valence-electron chi connectivity index (χ3n) is 2.18. The Morgan fingerprint density at radius 2 is 1.29 bits per heavy atom. The maximum Gasteiger partial charge on any atom is 0.103 e. The SMILES string of the molecule is C=CC[N+](CC=C)(CCO)CCO.[F-]. The van der Waals surface area contributed by atoms with Crippen molar-refractivity contribution in [3.05, 3.63) is 25.3 Å². The number of rotatable bonds is 8. The Labute approximate surface area is 84.9 Å². The summed E-state index contributed by atoms with van der Waals surface area (Å²) in [6.45, 7) is 10.4. The third-order valence-corrected chi connectivity index (χ3v) is 2.18. The van der Waals surface area contributed by atoms with Crippen LogP contribution in [0.15, 0.2) is 25.3 Å². The second kappa shape index (κ2) is 8.87. The number of hydrogen-bond donors (Lipinski definition) is 2. The van der Waals surface area contributed by atoms with E-state index in [0.29, 0.717) is 17.6 Å². The van der Waals surface area contributed by atoms with Crippen LogP contribution in [0, 0.1) is 0 Å². The van der Waals surface area contributed by atoms with E-state index in [1.807, 2.05) is 12.2 Å². The molecule has 0 saturated heterocycles. The Morgan fingerprint density at radius 3 is 1.50 bits per heavy atom. The van der Waals surface area contributed by atoms with Gasteiger partial charge in [0.1, 0.15) is 13.1 Å². The van der Waals surface area contributed by atoms with Gasteiger partial charge in [-0.3, -0.25) is 0 Å². The molecule has 4 heteroatoms. The average Bonchev–Trinajstić information content (AvgIpc) is 2.06. The van der Waals surface area contributed by atoms with Crippen molar-refractivity contribution in [2.45, 2.75) is 0 Å². The summed E-state index contributed by atoms with van der Waals surface area (Å²) in [5.74, 6) is 0. The molecule has 0 aliphatic heterocycles. The first-order valence-corrected chi connectivity index (χ1v) is 4.53. The van der Waals surface area contributed by atoms with E-state index in [-0.39, 0.29) is 17.9 Å². The van der Waals surface area contributed by atoms with Crippen LogP contribution in [0.1, 0.15) is 0 Å². The van der Waals surface area contributed by atoms with Crippen molar-refractivity contribution in [3.8, 4) is 0 Å². The summed E-state index contributed by atoms with van der Waals surface area (Å²) < 4.78 is 0.639. The number of halogens is 1. The summed E-state index contributed by atoms with van der Waals surface area (Å²) in [6.07, 6.45) is 3.63. The zero-order chi connectivity index (χ0) is 10.2. The molecule has 0 rings (SSSR count). The minimum absolute atomic E-state index is 0. The highest BCUT2D eigenvalue weighted by Crippen LogP contribution is 2.06. The van der Waals surface area contributed by atoms with E-state index in [1.165, 1.54) is 0 Å². The van der Waals surface area contributed by atoms with E-state index in [9.17, 15) is 0 Å². The molecule has 0 aromatic carbocycles. The maximum absolute atomic E-state index is 8.92. The minimum atomic E-state index is 0. The summed E-state index contributed by atoms with van der Waals surface area (Å²) in [5, 5.41) is 17.8. The molecule has 0 aliphatic rings. The molecular formula is C10H20FNO2. The molecule has 0 aliphatic carbocycles. The standard InChI is InChI=1S/C10H20NO2.FH/c1-3-5-11(6-4-2,7-9-12)8-10-13;/h3-4,12-13H,1-2,5-10H2;1H/q+1;/p-1. The normalized spacial score (nSPS) is 10.4. The van der Waals surface area contributed by atoms with Crippen LogP contribution in [0.5, 0.6) is 0 Å². The highest BCUT2D eigenvalue weighted by molar-refractivity contribution is 4.72. The summed E-state index contributed by atoms with van der Waals surface area (Å²) in [4.78, 5) is 0. The first kappa shape index (κ1) is 15.7. The molecule has 14 heavy (non-hydrogen) atoms. The van der Waals surface area contributed by atoms with Crippen LogP contribution in [-0.4, -0.2) is 54.1 Å². The van der Waals surface area contributed by atoms with Gasteiger partial charge in [0.25, 0.3) is 0 Å². The van der Waals surface area contributed by atoms with Crippen LogP contribution in [0.25, 0.3) is 0 Å². The fourth-order valence-electron chi connectivity index (χ4n) is 1.52.